The van der Waals surface area contributed by atoms with Crippen LogP contribution in [0.5, 0.6) is 0 Å². The molecule has 7 nitrogen and oxygen atoms in total. The molecule has 2 aliphatic heterocycles. The van der Waals surface area contributed by atoms with Crippen molar-refractivity contribution < 1.29 is 9.18 Å². The first-order valence-corrected chi connectivity index (χ1v) is 9.50. The van der Waals surface area contributed by atoms with Gasteiger partial charge in [-0.15, -0.1) is 0 Å². The van der Waals surface area contributed by atoms with Crippen LogP contribution in [0.15, 0.2) is 30.6 Å². The molecule has 144 valence electrons. The Hall–Kier alpha value is -3.00. The fourth-order valence-electron chi connectivity index (χ4n) is 4.29. The van der Waals surface area contributed by atoms with Crippen LogP contribution < -0.4 is 15.5 Å². The van der Waals surface area contributed by atoms with Gasteiger partial charge in [-0.25, -0.2) is 14.2 Å². The molecule has 1 fully saturated rings. The van der Waals surface area contributed by atoms with Gasteiger partial charge in [-0.2, -0.15) is 5.10 Å². The number of nitrogens with zero attached hydrogens (tertiary/aromatic N) is 4. The summed E-state index contributed by atoms with van der Waals surface area (Å²) >= 11 is 0. The lowest BCUT2D eigenvalue weighted by Crippen LogP contribution is -2.33. The Balaban J connectivity index is 1.41. The second kappa shape index (κ2) is 6.56. The number of hydrogen-bond acceptors (Lipinski definition) is 4. The molecule has 1 aromatic carbocycles. The summed E-state index contributed by atoms with van der Waals surface area (Å²) in [6.07, 6.45) is 5.40. The van der Waals surface area contributed by atoms with Crippen molar-refractivity contribution in [3.63, 3.8) is 0 Å². The largest absolute Gasteiger partial charge is 0.327 e. The van der Waals surface area contributed by atoms with Crippen LogP contribution in [0.4, 0.5) is 20.7 Å². The highest BCUT2D eigenvalue weighted by molar-refractivity contribution is 6.03. The molecular weight excluding hydrogens is 359 g/mol. The minimum Gasteiger partial charge on any atom is -0.316 e. The van der Waals surface area contributed by atoms with E-state index in [9.17, 15) is 9.18 Å². The number of carbonyl (C=O) groups is 1. The van der Waals surface area contributed by atoms with Crippen molar-refractivity contribution in [1.29, 1.82) is 0 Å². The fourth-order valence-corrected chi connectivity index (χ4v) is 4.29. The third kappa shape index (κ3) is 2.80. The number of urea groups is 1. The molecule has 1 unspecified atom stereocenters. The molecule has 0 bridgehead atoms. The number of hydrogen-bond donors (Lipinski definition) is 2. The molecule has 0 spiro atoms. The first-order chi connectivity index (χ1) is 13.6. The molecule has 28 heavy (non-hydrogen) atoms. The molecule has 0 aliphatic carbocycles. The van der Waals surface area contributed by atoms with Crippen LogP contribution in [0.25, 0.3) is 10.9 Å². The number of carbonyl (C=O) groups excluding carboxylic acids is 1. The number of benzene rings is 1. The number of aryl methyl sites for hydroxylation is 1. The summed E-state index contributed by atoms with van der Waals surface area (Å²) in [6, 6.07) is 4.81. The highest BCUT2D eigenvalue weighted by atomic mass is 19.1. The van der Waals surface area contributed by atoms with Gasteiger partial charge in [0.25, 0.3) is 0 Å². The number of anilines is 2. The molecule has 0 radical (unpaired) electrons. The summed E-state index contributed by atoms with van der Waals surface area (Å²) in [6.45, 7) is 2.56. The molecule has 1 saturated heterocycles. The standard InChI is InChI=1S/C20H21FN6O/c1-26-11-13-8-14(9-17(21)18(13)25-26)24-20(28)27-7-4-16-15(3-6-23-19(16)27)12-2-5-22-10-12/h3,6,8-9,11-12,22H,2,4-5,7,10H2,1H3,(H,24,28). The van der Waals surface area contributed by atoms with Crippen molar-refractivity contribution in [2.45, 2.75) is 18.8 Å². The number of aromatic nitrogens is 3. The lowest BCUT2D eigenvalue weighted by molar-refractivity contribution is 0.257. The molecule has 2 aromatic heterocycles. The smallest absolute Gasteiger partial charge is 0.316 e. The van der Waals surface area contributed by atoms with Crippen LogP contribution in [-0.2, 0) is 13.5 Å². The lowest BCUT2D eigenvalue weighted by atomic mass is 9.94. The molecule has 2 N–H and O–H groups in total. The number of nitrogens with one attached hydrogen (secondary N) is 2. The first kappa shape index (κ1) is 17.1. The van der Waals surface area contributed by atoms with E-state index in [2.05, 4.69) is 26.8 Å². The Labute approximate surface area is 161 Å². The Morgan fingerprint density at radius 2 is 2.29 bits per heavy atom. The molecule has 2 amide bonds. The molecular formula is C20H21FN6O. The maximum atomic E-state index is 14.3. The van der Waals surface area contributed by atoms with Crippen molar-refractivity contribution in [3.8, 4) is 0 Å². The summed E-state index contributed by atoms with van der Waals surface area (Å²) in [4.78, 5) is 19.0. The highest BCUT2D eigenvalue weighted by Gasteiger charge is 2.31. The van der Waals surface area contributed by atoms with E-state index < -0.39 is 5.82 Å². The highest BCUT2D eigenvalue weighted by Crippen LogP contribution is 2.35. The van der Waals surface area contributed by atoms with E-state index in [1.807, 2.05) is 0 Å². The zero-order chi connectivity index (χ0) is 19.3. The Morgan fingerprint density at radius 3 is 3.11 bits per heavy atom. The second-order valence-electron chi connectivity index (χ2n) is 7.42. The van der Waals surface area contributed by atoms with Crippen LogP contribution in [0.3, 0.4) is 0 Å². The van der Waals surface area contributed by atoms with Gasteiger partial charge >= 0.3 is 6.03 Å². The summed E-state index contributed by atoms with van der Waals surface area (Å²) in [7, 11) is 1.74. The number of fused-ring (bicyclic) bond motifs is 2. The number of rotatable bonds is 2. The second-order valence-corrected chi connectivity index (χ2v) is 7.42. The van der Waals surface area contributed by atoms with E-state index in [0.29, 0.717) is 34.9 Å². The summed E-state index contributed by atoms with van der Waals surface area (Å²) in [5.41, 5.74) is 3.14. The van der Waals surface area contributed by atoms with Gasteiger partial charge in [0.2, 0.25) is 0 Å². The van der Waals surface area contributed by atoms with Gasteiger partial charge in [-0.05, 0) is 49.1 Å². The van der Waals surface area contributed by atoms with Crippen molar-refractivity contribution in [1.82, 2.24) is 20.1 Å². The van der Waals surface area contributed by atoms with Crippen molar-refractivity contribution in [2.24, 2.45) is 7.05 Å². The maximum absolute atomic E-state index is 14.3. The molecule has 5 rings (SSSR count). The Morgan fingerprint density at radius 1 is 1.39 bits per heavy atom. The normalized spacial score (nSPS) is 18.6. The number of amides is 2. The van der Waals surface area contributed by atoms with Gasteiger partial charge in [-0.1, -0.05) is 0 Å². The first-order valence-electron chi connectivity index (χ1n) is 9.50. The van der Waals surface area contributed by atoms with Gasteiger partial charge < -0.3 is 10.6 Å². The Bertz CT molecular complexity index is 1070. The minimum atomic E-state index is -0.454. The van der Waals surface area contributed by atoms with Crippen molar-refractivity contribution in [2.75, 3.05) is 29.9 Å². The van der Waals surface area contributed by atoms with Crippen LogP contribution in [0.1, 0.15) is 23.5 Å². The molecule has 3 aromatic rings. The third-order valence-corrected chi connectivity index (χ3v) is 5.58. The van der Waals surface area contributed by atoms with E-state index in [-0.39, 0.29) is 6.03 Å². The van der Waals surface area contributed by atoms with E-state index in [4.69, 9.17) is 0 Å². The summed E-state index contributed by atoms with van der Waals surface area (Å²) < 4.78 is 15.8. The average Bonchev–Trinajstić information content (AvgIpc) is 3.40. The number of pyridine rings is 1. The van der Waals surface area contributed by atoms with E-state index in [1.165, 1.54) is 11.6 Å². The van der Waals surface area contributed by atoms with E-state index in [1.54, 1.807) is 35.1 Å². The van der Waals surface area contributed by atoms with E-state index >= 15 is 0 Å². The summed E-state index contributed by atoms with van der Waals surface area (Å²) in [5, 5.41) is 10.9. The quantitative estimate of drug-likeness (QED) is 0.717. The predicted octanol–water partition coefficient (Wildman–Crippen LogP) is 2.78. The third-order valence-electron chi connectivity index (χ3n) is 5.58. The van der Waals surface area contributed by atoms with Gasteiger partial charge in [0.15, 0.2) is 5.82 Å². The summed E-state index contributed by atoms with van der Waals surface area (Å²) in [5.74, 6) is 0.732. The van der Waals surface area contributed by atoms with Crippen LogP contribution in [0, 0.1) is 5.82 Å². The van der Waals surface area contributed by atoms with Crippen molar-refractivity contribution in [3.05, 3.63) is 47.5 Å². The molecule has 2 aliphatic rings. The lowest BCUT2D eigenvalue weighted by Gasteiger charge is -2.18. The monoisotopic (exact) mass is 380 g/mol. The Kier molecular flexibility index (Phi) is 4.01. The fraction of sp³-hybridized carbons (Fsp3) is 0.350. The predicted molar refractivity (Wildman–Crippen MR) is 105 cm³/mol. The van der Waals surface area contributed by atoms with Gasteiger partial charge in [0, 0.05) is 49.2 Å². The van der Waals surface area contributed by atoms with Gasteiger partial charge in [0.05, 0.1) is 0 Å². The zero-order valence-corrected chi connectivity index (χ0v) is 15.6. The molecule has 0 saturated carbocycles. The van der Waals surface area contributed by atoms with Gasteiger partial charge in [-0.3, -0.25) is 9.58 Å². The van der Waals surface area contributed by atoms with Crippen LogP contribution >= 0.6 is 0 Å². The minimum absolute atomic E-state index is 0.295. The number of halogens is 1. The molecule has 1 atom stereocenters. The molecule has 4 heterocycles. The molecule has 8 heteroatoms. The van der Waals surface area contributed by atoms with Crippen molar-refractivity contribution >= 4 is 28.4 Å². The van der Waals surface area contributed by atoms with Crippen LogP contribution in [-0.4, -0.2) is 40.4 Å². The maximum Gasteiger partial charge on any atom is 0.327 e. The van der Waals surface area contributed by atoms with Gasteiger partial charge in [0.1, 0.15) is 11.3 Å². The van der Waals surface area contributed by atoms with Crippen LogP contribution in [0.2, 0.25) is 0 Å². The SMILES string of the molecule is Cn1cc2cc(NC(=O)N3CCc4c(C5CCNC5)ccnc43)cc(F)c2n1. The zero-order valence-electron chi connectivity index (χ0n) is 15.6. The van der Waals surface area contributed by atoms with E-state index in [0.717, 1.165) is 31.5 Å². The average molecular weight is 380 g/mol. The topological polar surface area (TPSA) is 75.1 Å².